The van der Waals surface area contributed by atoms with Crippen LogP contribution in [-0.2, 0) is 6.18 Å². The van der Waals surface area contributed by atoms with Crippen LogP contribution in [0.25, 0.3) is 0 Å². The largest absolute Gasteiger partial charge is 0.418 e. The van der Waals surface area contributed by atoms with Gasteiger partial charge in [-0.25, -0.2) is 0 Å². The van der Waals surface area contributed by atoms with Gasteiger partial charge in [-0.05, 0) is 44.3 Å². The number of halogens is 4. The number of benzene rings is 1. The molecule has 1 aromatic carbocycles. The Morgan fingerprint density at radius 2 is 1.94 bits per heavy atom. The second kappa shape index (κ2) is 5.88. The van der Waals surface area contributed by atoms with Gasteiger partial charge in [0.1, 0.15) is 0 Å². The predicted molar refractivity (Wildman–Crippen MR) is 73.6 cm³/mol. The molecule has 18 heavy (non-hydrogen) atoms. The van der Waals surface area contributed by atoms with E-state index in [2.05, 4.69) is 26.6 Å². The number of hydrogen-bond acceptors (Lipinski definition) is 1. The van der Waals surface area contributed by atoms with Crippen LogP contribution in [-0.4, -0.2) is 11.2 Å². The highest BCUT2D eigenvalue weighted by molar-refractivity contribution is 9.10. The molecule has 0 saturated carbocycles. The summed E-state index contributed by atoms with van der Waals surface area (Å²) in [6.07, 6.45) is -4.43. The maximum absolute atomic E-state index is 12.8. The maximum Gasteiger partial charge on any atom is 0.418 e. The Labute approximate surface area is 117 Å². The first kappa shape index (κ1) is 15.2. The SMILES string of the molecule is CC(C)NC(=S)Nc1ccc(Br)cc1C(F)(F)F. The molecule has 0 saturated heterocycles. The average Bonchev–Trinajstić information content (AvgIpc) is 2.17. The molecule has 0 aliphatic heterocycles. The fourth-order valence-corrected chi connectivity index (χ4v) is 1.99. The van der Waals surface area contributed by atoms with Gasteiger partial charge >= 0.3 is 6.18 Å². The Kier molecular flexibility index (Phi) is 4.98. The summed E-state index contributed by atoms with van der Waals surface area (Å²) in [4.78, 5) is 0. The lowest BCUT2D eigenvalue weighted by Crippen LogP contribution is -2.34. The Hall–Kier alpha value is -0.820. The first-order chi connectivity index (χ1) is 8.20. The maximum atomic E-state index is 12.8. The molecule has 2 nitrogen and oxygen atoms in total. The molecule has 100 valence electrons. The lowest BCUT2D eigenvalue weighted by molar-refractivity contribution is -0.136. The molecule has 0 aliphatic rings. The van der Waals surface area contributed by atoms with Crippen molar-refractivity contribution >= 4 is 38.9 Å². The number of anilines is 1. The molecular weight excluding hydrogens is 329 g/mol. The summed E-state index contributed by atoms with van der Waals surface area (Å²) in [6.45, 7) is 3.69. The van der Waals surface area contributed by atoms with Crippen molar-refractivity contribution in [3.8, 4) is 0 Å². The highest BCUT2D eigenvalue weighted by atomic mass is 79.9. The molecule has 0 heterocycles. The van der Waals surface area contributed by atoms with Crippen molar-refractivity contribution < 1.29 is 13.2 Å². The van der Waals surface area contributed by atoms with E-state index >= 15 is 0 Å². The van der Waals surface area contributed by atoms with Crippen molar-refractivity contribution in [2.24, 2.45) is 0 Å². The van der Waals surface area contributed by atoms with Gasteiger partial charge in [0.25, 0.3) is 0 Å². The zero-order valence-corrected chi connectivity index (χ0v) is 12.1. The highest BCUT2D eigenvalue weighted by Crippen LogP contribution is 2.36. The van der Waals surface area contributed by atoms with Crippen LogP contribution in [0.2, 0.25) is 0 Å². The van der Waals surface area contributed by atoms with Gasteiger partial charge in [-0.1, -0.05) is 15.9 Å². The van der Waals surface area contributed by atoms with Gasteiger partial charge in [-0.2, -0.15) is 13.2 Å². The zero-order chi connectivity index (χ0) is 13.9. The van der Waals surface area contributed by atoms with Gasteiger partial charge in [0, 0.05) is 10.5 Å². The third-order valence-corrected chi connectivity index (χ3v) is 2.67. The third kappa shape index (κ3) is 4.45. The molecule has 0 fully saturated rings. The Morgan fingerprint density at radius 3 is 2.44 bits per heavy atom. The van der Waals surface area contributed by atoms with Crippen LogP contribution in [0.5, 0.6) is 0 Å². The minimum absolute atomic E-state index is 0.0507. The van der Waals surface area contributed by atoms with Crippen LogP contribution in [0.1, 0.15) is 19.4 Å². The Balaban J connectivity index is 2.99. The topological polar surface area (TPSA) is 24.1 Å². The summed E-state index contributed by atoms with van der Waals surface area (Å²) >= 11 is 7.95. The smallest absolute Gasteiger partial charge is 0.360 e. The van der Waals surface area contributed by atoms with Crippen molar-refractivity contribution in [1.29, 1.82) is 0 Å². The van der Waals surface area contributed by atoms with Crippen LogP contribution in [0, 0.1) is 0 Å². The van der Waals surface area contributed by atoms with Crippen molar-refractivity contribution in [2.45, 2.75) is 26.1 Å². The molecular formula is C11H12BrF3N2S. The quantitative estimate of drug-likeness (QED) is 0.790. The van der Waals surface area contributed by atoms with E-state index in [1.165, 1.54) is 12.1 Å². The van der Waals surface area contributed by atoms with Crippen molar-refractivity contribution in [1.82, 2.24) is 5.32 Å². The number of hydrogen-bond donors (Lipinski definition) is 2. The van der Waals surface area contributed by atoms with Gasteiger partial charge in [-0.15, -0.1) is 0 Å². The summed E-state index contributed by atoms with van der Waals surface area (Å²) in [7, 11) is 0. The summed E-state index contributed by atoms with van der Waals surface area (Å²) in [5, 5.41) is 5.55. The van der Waals surface area contributed by atoms with Crippen LogP contribution in [0.15, 0.2) is 22.7 Å². The minimum Gasteiger partial charge on any atom is -0.360 e. The molecule has 2 N–H and O–H groups in total. The van der Waals surface area contributed by atoms with E-state index in [-0.39, 0.29) is 16.8 Å². The molecule has 7 heteroatoms. The van der Waals surface area contributed by atoms with Crippen molar-refractivity contribution in [3.05, 3.63) is 28.2 Å². The zero-order valence-electron chi connectivity index (χ0n) is 9.73. The summed E-state index contributed by atoms with van der Waals surface area (Å²) < 4.78 is 38.8. The molecule has 1 rings (SSSR count). The molecule has 1 aromatic rings. The van der Waals surface area contributed by atoms with Crippen LogP contribution in [0.3, 0.4) is 0 Å². The molecule has 0 aliphatic carbocycles. The number of nitrogens with one attached hydrogen (secondary N) is 2. The first-order valence-corrected chi connectivity index (χ1v) is 6.34. The normalized spacial score (nSPS) is 11.5. The van der Waals surface area contributed by atoms with Gasteiger partial charge < -0.3 is 10.6 Å². The molecule has 0 atom stereocenters. The van der Waals surface area contributed by atoms with E-state index in [4.69, 9.17) is 12.2 Å². The van der Waals surface area contributed by atoms with Crippen molar-refractivity contribution in [2.75, 3.05) is 5.32 Å². The van der Waals surface area contributed by atoms with E-state index < -0.39 is 11.7 Å². The fourth-order valence-electron chi connectivity index (χ4n) is 1.28. The summed E-state index contributed by atoms with van der Waals surface area (Å²) in [6, 6.07) is 3.92. The fraction of sp³-hybridized carbons (Fsp3) is 0.364. The molecule has 0 aromatic heterocycles. The third-order valence-electron chi connectivity index (χ3n) is 1.95. The second-order valence-corrected chi connectivity index (χ2v) is 5.26. The van der Waals surface area contributed by atoms with Crippen LogP contribution in [0.4, 0.5) is 18.9 Å². The molecule has 0 amide bonds. The molecule has 0 bridgehead atoms. The van der Waals surface area contributed by atoms with Gasteiger partial charge in [0.2, 0.25) is 0 Å². The minimum atomic E-state index is -4.43. The van der Waals surface area contributed by atoms with Crippen LogP contribution < -0.4 is 10.6 Å². The highest BCUT2D eigenvalue weighted by Gasteiger charge is 2.33. The predicted octanol–water partition coefficient (Wildman–Crippen LogP) is 4.16. The standard InChI is InChI=1S/C11H12BrF3N2S/c1-6(2)16-10(18)17-9-4-3-7(12)5-8(9)11(13,14)15/h3-6H,1-2H3,(H2,16,17,18). The molecule has 0 unspecified atom stereocenters. The van der Waals surface area contributed by atoms with E-state index in [1.54, 1.807) is 0 Å². The van der Waals surface area contributed by atoms with E-state index in [0.29, 0.717) is 4.47 Å². The molecule has 0 spiro atoms. The van der Waals surface area contributed by atoms with E-state index in [9.17, 15) is 13.2 Å². The van der Waals surface area contributed by atoms with E-state index in [1.807, 2.05) is 13.8 Å². The van der Waals surface area contributed by atoms with Gasteiger partial charge in [0.05, 0.1) is 11.3 Å². The first-order valence-electron chi connectivity index (χ1n) is 5.14. The summed E-state index contributed by atoms with van der Waals surface area (Å²) in [5.41, 5.74) is -0.825. The Morgan fingerprint density at radius 1 is 1.33 bits per heavy atom. The van der Waals surface area contributed by atoms with Crippen LogP contribution >= 0.6 is 28.1 Å². The van der Waals surface area contributed by atoms with Gasteiger partial charge in [-0.3, -0.25) is 0 Å². The lowest BCUT2D eigenvalue weighted by atomic mass is 10.1. The monoisotopic (exact) mass is 340 g/mol. The summed E-state index contributed by atoms with van der Waals surface area (Å²) in [5.74, 6) is 0. The van der Waals surface area contributed by atoms with E-state index in [0.717, 1.165) is 6.07 Å². The number of thiocarbonyl (C=S) groups is 1. The van der Waals surface area contributed by atoms with Crippen molar-refractivity contribution in [3.63, 3.8) is 0 Å². The lowest BCUT2D eigenvalue weighted by Gasteiger charge is -2.17. The second-order valence-electron chi connectivity index (χ2n) is 3.94. The number of rotatable bonds is 2. The average molecular weight is 341 g/mol. The van der Waals surface area contributed by atoms with Gasteiger partial charge in [0.15, 0.2) is 5.11 Å². The Bertz CT molecular complexity index is 446. The number of alkyl halides is 3. The molecule has 0 radical (unpaired) electrons.